The van der Waals surface area contributed by atoms with Gasteiger partial charge in [0.25, 0.3) is 11.6 Å². The minimum atomic E-state index is -3.34. The number of hydrogen-bond acceptors (Lipinski definition) is 6. The summed E-state index contributed by atoms with van der Waals surface area (Å²) in [5.41, 5.74) is 4.34. The van der Waals surface area contributed by atoms with E-state index in [9.17, 15) is 13.2 Å². The third-order valence-corrected chi connectivity index (χ3v) is 8.67. The van der Waals surface area contributed by atoms with Gasteiger partial charge in [0, 0.05) is 11.3 Å². The van der Waals surface area contributed by atoms with Gasteiger partial charge < -0.3 is 9.84 Å². The zero-order valence-electron chi connectivity index (χ0n) is 19.0. The number of nitrogens with one attached hydrogen (secondary N) is 1. The van der Waals surface area contributed by atoms with E-state index >= 15 is 0 Å². The first-order chi connectivity index (χ1) is 16.3. The van der Waals surface area contributed by atoms with E-state index in [4.69, 9.17) is 4.52 Å². The Morgan fingerprint density at radius 2 is 1.68 bits per heavy atom. The second kappa shape index (κ2) is 8.68. The zero-order chi connectivity index (χ0) is 23.9. The Balaban J connectivity index is 1.45. The number of sulfone groups is 1. The van der Waals surface area contributed by atoms with Crippen LogP contribution in [-0.2, 0) is 9.84 Å². The Morgan fingerprint density at radius 1 is 1.00 bits per heavy atom. The number of aryl methyl sites for hydroxylation is 2. The summed E-state index contributed by atoms with van der Waals surface area (Å²) in [6.07, 6.45) is 3.32. The molecule has 2 aromatic heterocycles. The topological polar surface area (TPSA) is 102 Å². The first-order valence-electron chi connectivity index (χ1n) is 11.3. The lowest BCUT2D eigenvalue weighted by Crippen LogP contribution is -2.18. The van der Waals surface area contributed by atoms with Gasteiger partial charge >= 0.3 is 0 Å². The number of aromatic nitrogens is 2. The summed E-state index contributed by atoms with van der Waals surface area (Å²) in [4.78, 5) is 18.1. The average Bonchev–Trinajstić information content (AvgIpc) is 3.50. The van der Waals surface area contributed by atoms with Crippen molar-refractivity contribution in [3.8, 4) is 11.3 Å². The van der Waals surface area contributed by atoms with Crippen LogP contribution in [0.15, 0.2) is 64.0 Å². The molecule has 1 fully saturated rings. The SMILES string of the molecule is Cc1ccc(-c2cc(C(=O)Nc3ccc(S(=O)(=O)C4CCCC4)cc3)c3c(C)noc3n2)cc1. The highest BCUT2D eigenvalue weighted by atomic mass is 32.2. The Labute approximate surface area is 198 Å². The highest BCUT2D eigenvalue weighted by Gasteiger charge is 2.30. The van der Waals surface area contributed by atoms with Gasteiger partial charge in [0.15, 0.2) is 9.84 Å². The van der Waals surface area contributed by atoms with Crippen molar-refractivity contribution in [1.29, 1.82) is 0 Å². The third kappa shape index (κ3) is 4.09. The predicted molar refractivity (Wildman–Crippen MR) is 131 cm³/mol. The van der Waals surface area contributed by atoms with Crippen LogP contribution in [0, 0.1) is 13.8 Å². The molecule has 2 heterocycles. The smallest absolute Gasteiger partial charge is 0.259 e. The van der Waals surface area contributed by atoms with Crippen LogP contribution in [0.3, 0.4) is 0 Å². The van der Waals surface area contributed by atoms with E-state index in [1.54, 1.807) is 37.3 Å². The number of carbonyl (C=O) groups excluding carboxylic acids is 1. The molecular weight excluding hydrogens is 450 g/mol. The quantitative estimate of drug-likeness (QED) is 0.410. The average molecular weight is 476 g/mol. The van der Waals surface area contributed by atoms with Gasteiger partial charge in [-0.15, -0.1) is 0 Å². The largest absolute Gasteiger partial charge is 0.335 e. The lowest BCUT2D eigenvalue weighted by Gasteiger charge is -2.12. The van der Waals surface area contributed by atoms with E-state index in [0.29, 0.717) is 51.5 Å². The summed E-state index contributed by atoms with van der Waals surface area (Å²) in [6, 6.07) is 15.9. The van der Waals surface area contributed by atoms with E-state index < -0.39 is 9.84 Å². The molecule has 2 aromatic carbocycles. The summed E-state index contributed by atoms with van der Waals surface area (Å²) in [7, 11) is -3.34. The molecule has 0 spiro atoms. The van der Waals surface area contributed by atoms with E-state index in [-0.39, 0.29) is 11.2 Å². The summed E-state index contributed by atoms with van der Waals surface area (Å²) >= 11 is 0. The molecule has 4 aromatic rings. The fourth-order valence-corrected chi connectivity index (χ4v) is 6.32. The second-order valence-corrected chi connectivity index (χ2v) is 11.0. The minimum Gasteiger partial charge on any atom is -0.335 e. The molecule has 34 heavy (non-hydrogen) atoms. The minimum absolute atomic E-state index is 0.290. The van der Waals surface area contributed by atoms with Crippen LogP contribution in [0.5, 0.6) is 0 Å². The lowest BCUT2D eigenvalue weighted by molar-refractivity contribution is 0.102. The lowest BCUT2D eigenvalue weighted by atomic mass is 10.0. The standard InChI is InChI=1S/C26H25N3O4S/c1-16-7-9-18(10-8-16)23-15-22(24-17(2)29-33-26(24)28-23)25(30)27-19-11-13-21(14-12-19)34(31,32)20-5-3-4-6-20/h7-15,20H,3-6H2,1-2H3,(H,27,30). The maximum atomic E-state index is 13.3. The van der Waals surface area contributed by atoms with Crippen molar-refractivity contribution in [1.82, 2.24) is 10.1 Å². The van der Waals surface area contributed by atoms with Gasteiger partial charge in [-0.2, -0.15) is 0 Å². The number of hydrogen-bond donors (Lipinski definition) is 1. The Hall–Kier alpha value is -3.52. The summed E-state index contributed by atoms with van der Waals surface area (Å²) in [6.45, 7) is 3.77. The summed E-state index contributed by atoms with van der Waals surface area (Å²) in [5.74, 6) is -0.349. The fraction of sp³-hybridized carbons (Fsp3) is 0.269. The first kappa shape index (κ1) is 22.3. The van der Waals surface area contributed by atoms with Crippen molar-refractivity contribution in [3.05, 3.63) is 71.4 Å². The molecule has 1 aliphatic carbocycles. The van der Waals surface area contributed by atoms with Gasteiger partial charge in [0.1, 0.15) is 0 Å². The summed E-state index contributed by atoms with van der Waals surface area (Å²) in [5, 5.41) is 7.10. The van der Waals surface area contributed by atoms with Crippen LogP contribution in [-0.4, -0.2) is 29.7 Å². The zero-order valence-corrected chi connectivity index (χ0v) is 19.9. The van der Waals surface area contributed by atoms with Gasteiger partial charge in [-0.1, -0.05) is 47.8 Å². The van der Waals surface area contributed by atoms with Crippen LogP contribution in [0.1, 0.15) is 47.3 Å². The van der Waals surface area contributed by atoms with Crippen LogP contribution in [0.4, 0.5) is 5.69 Å². The number of amides is 1. The molecule has 1 saturated carbocycles. The van der Waals surface area contributed by atoms with Crippen LogP contribution in [0.25, 0.3) is 22.4 Å². The molecule has 1 aliphatic rings. The Morgan fingerprint density at radius 3 is 2.35 bits per heavy atom. The number of anilines is 1. The van der Waals surface area contributed by atoms with E-state index in [2.05, 4.69) is 15.5 Å². The monoisotopic (exact) mass is 475 g/mol. The van der Waals surface area contributed by atoms with Crippen molar-refractivity contribution >= 4 is 32.5 Å². The Kier molecular flexibility index (Phi) is 5.69. The molecule has 0 aliphatic heterocycles. The molecular formula is C26H25N3O4S. The van der Waals surface area contributed by atoms with Crippen molar-refractivity contribution in [2.45, 2.75) is 49.7 Å². The fourth-order valence-electron chi connectivity index (χ4n) is 4.46. The molecule has 0 bridgehead atoms. The van der Waals surface area contributed by atoms with Gasteiger partial charge in [0.2, 0.25) is 0 Å². The predicted octanol–water partition coefficient (Wildman–Crippen LogP) is 5.48. The summed E-state index contributed by atoms with van der Waals surface area (Å²) < 4.78 is 31.0. The molecule has 0 saturated heterocycles. The van der Waals surface area contributed by atoms with Crippen molar-refractivity contribution in [3.63, 3.8) is 0 Å². The molecule has 5 rings (SSSR count). The number of benzene rings is 2. The molecule has 174 valence electrons. The number of nitrogens with zero attached hydrogens (tertiary/aromatic N) is 2. The molecule has 1 amide bonds. The molecule has 7 nitrogen and oxygen atoms in total. The highest BCUT2D eigenvalue weighted by molar-refractivity contribution is 7.92. The van der Waals surface area contributed by atoms with Crippen LogP contribution < -0.4 is 5.32 Å². The molecule has 0 unspecified atom stereocenters. The van der Waals surface area contributed by atoms with E-state index in [0.717, 1.165) is 24.0 Å². The van der Waals surface area contributed by atoms with E-state index in [1.807, 2.05) is 31.2 Å². The molecule has 0 atom stereocenters. The third-order valence-electron chi connectivity index (χ3n) is 6.39. The normalized spacial score (nSPS) is 14.5. The van der Waals surface area contributed by atoms with Gasteiger partial charge in [-0.25, -0.2) is 13.4 Å². The maximum absolute atomic E-state index is 13.3. The number of rotatable bonds is 5. The van der Waals surface area contributed by atoms with Crippen LogP contribution >= 0.6 is 0 Å². The number of carbonyl (C=O) groups is 1. The maximum Gasteiger partial charge on any atom is 0.259 e. The molecule has 8 heteroatoms. The van der Waals surface area contributed by atoms with Crippen molar-refractivity contribution < 1.29 is 17.7 Å². The van der Waals surface area contributed by atoms with Crippen molar-refractivity contribution in [2.75, 3.05) is 5.32 Å². The van der Waals surface area contributed by atoms with Crippen LogP contribution in [0.2, 0.25) is 0 Å². The second-order valence-electron chi connectivity index (χ2n) is 8.80. The van der Waals surface area contributed by atoms with Gasteiger partial charge in [-0.3, -0.25) is 4.79 Å². The van der Waals surface area contributed by atoms with Gasteiger partial charge in [-0.05, 0) is 57.0 Å². The number of pyridine rings is 1. The van der Waals surface area contributed by atoms with Crippen molar-refractivity contribution in [2.24, 2.45) is 0 Å². The van der Waals surface area contributed by atoms with E-state index in [1.165, 1.54) is 0 Å². The first-order valence-corrected chi connectivity index (χ1v) is 12.9. The Bertz CT molecular complexity index is 1470. The molecule has 1 N–H and O–H groups in total. The number of fused-ring (bicyclic) bond motifs is 1. The van der Waals surface area contributed by atoms with Gasteiger partial charge in [0.05, 0.1) is 32.5 Å². The molecule has 0 radical (unpaired) electrons. The highest BCUT2D eigenvalue weighted by Crippen LogP contribution is 2.31.